The van der Waals surface area contributed by atoms with E-state index in [1.54, 1.807) is 10.5 Å². The molecule has 0 N–H and O–H groups in total. The minimum absolute atomic E-state index is 0.713. The van der Waals surface area contributed by atoms with Gasteiger partial charge in [-0.2, -0.15) is 0 Å². The molecule has 0 aromatic carbocycles. The highest BCUT2D eigenvalue weighted by molar-refractivity contribution is 8.05. The van der Waals surface area contributed by atoms with Crippen molar-refractivity contribution in [1.82, 2.24) is 4.90 Å². The van der Waals surface area contributed by atoms with Crippen LogP contribution in [-0.2, 0) is 4.79 Å². The van der Waals surface area contributed by atoms with Crippen molar-refractivity contribution in [3.63, 3.8) is 0 Å². The molecule has 2 nitrogen and oxygen atoms in total. The second kappa shape index (κ2) is 13.7. The largest absolute Gasteiger partial charge is 0.303 e. The Kier molecular flexibility index (Phi) is 12.3. The Morgan fingerprint density at radius 2 is 1.96 bits per heavy atom. The fourth-order valence-electron chi connectivity index (χ4n) is 3.56. The molecule has 1 aliphatic heterocycles. The van der Waals surface area contributed by atoms with Gasteiger partial charge >= 0.3 is 0 Å². The topological polar surface area (TPSA) is 20.3 Å². The van der Waals surface area contributed by atoms with Gasteiger partial charge in [-0.25, -0.2) is 0 Å². The molecule has 138 valence electrons. The first-order valence-corrected chi connectivity index (χ1v) is 10.8. The predicted molar refractivity (Wildman–Crippen MR) is 108 cm³/mol. The summed E-state index contributed by atoms with van der Waals surface area (Å²) >= 11 is 1.86. The van der Waals surface area contributed by atoms with E-state index in [1.165, 1.54) is 64.5 Å². The van der Waals surface area contributed by atoms with Crippen LogP contribution in [0.25, 0.3) is 0 Å². The number of rotatable bonds is 13. The standard InChI is InChI=1S/C21H37NOS/c1-4-7-10-20(5-2)21(24-6-3)12-11-19-13-16-22(17-14-19)15-8-9-18-23/h6,18-19H,3-5,7-17H2,1-2H3/b21-20+. The normalized spacial score (nSPS) is 17.6. The summed E-state index contributed by atoms with van der Waals surface area (Å²) in [5.74, 6) is 0.872. The molecular formula is C21H37NOS. The van der Waals surface area contributed by atoms with Gasteiger partial charge in [0.15, 0.2) is 0 Å². The monoisotopic (exact) mass is 351 g/mol. The van der Waals surface area contributed by atoms with Crippen LogP contribution in [0.5, 0.6) is 0 Å². The number of aldehydes is 1. The maximum atomic E-state index is 10.4. The first-order valence-electron chi connectivity index (χ1n) is 9.89. The van der Waals surface area contributed by atoms with Gasteiger partial charge in [0, 0.05) is 6.42 Å². The number of thioether (sulfide) groups is 1. The van der Waals surface area contributed by atoms with Crippen LogP contribution in [0, 0.1) is 5.92 Å². The molecule has 24 heavy (non-hydrogen) atoms. The average molecular weight is 352 g/mol. The number of allylic oxidation sites excluding steroid dienone is 2. The highest BCUT2D eigenvalue weighted by atomic mass is 32.2. The summed E-state index contributed by atoms with van der Waals surface area (Å²) in [6, 6.07) is 0. The number of carbonyl (C=O) groups excluding carboxylic acids is 1. The lowest BCUT2D eigenvalue weighted by Gasteiger charge is -2.32. The molecule has 0 bridgehead atoms. The van der Waals surface area contributed by atoms with Crippen molar-refractivity contribution in [3.05, 3.63) is 22.5 Å². The molecule has 1 heterocycles. The fraction of sp³-hybridized carbons (Fsp3) is 0.762. The molecule has 0 spiro atoms. The average Bonchev–Trinajstić information content (AvgIpc) is 2.61. The number of unbranched alkanes of at least 4 members (excludes halogenated alkanes) is 2. The first kappa shape index (κ1) is 21.5. The Hall–Kier alpha value is -0.540. The molecule has 1 aliphatic rings. The number of piperidine rings is 1. The van der Waals surface area contributed by atoms with Gasteiger partial charge in [0.05, 0.1) is 0 Å². The number of carbonyl (C=O) groups is 1. The highest BCUT2D eigenvalue weighted by Crippen LogP contribution is 2.33. The summed E-state index contributed by atoms with van der Waals surface area (Å²) < 4.78 is 0. The van der Waals surface area contributed by atoms with E-state index in [1.807, 2.05) is 17.2 Å². The Morgan fingerprint density at radius 1 is 1.21 bits per heavy atom. The van der Waals surface area contributed by atoms with Crippen molar-refractivity contribution >= 4 is 18.0 Å². The fourth-order valence-corrected chi connectivity index (χ4v) is 4.41. The van der Waals surface area contributed by atoms with E-state index in [4.69, 9.17) is 0 Å². The third-order valence-electron chi connectivity index (χ3n) is 5.16. The van der Waals surface area contributed by atoms with Crippen molar-refractivity contribution in [3.8, 4) is 0 Å². The van der Waals surface area contributed by atoms with E-state index in [9.17, 15) is 4.79 Å². The molecule has 0 amide bonds. The molecule has 0 aliphatic carbocycles. The lowest BCUT2D eigenvalue weighted by Crippen LogP contribution is -2.34. The van der Waals surface area contributed by atoms with E-state index in [-0.39, 0.29) is 0 Å². The zero-order valence-corrected chi connectivity index (χ0v) is 16.7. The molecule has 0 radical (unpaired) electrons. The van der Waals surface area contributed by atoms with E-state index in [2.05, 4.69) is 25.3 Å². The van der Waals surface area contributed by atoms with Crippen LogP contribution < -0.4 is 0 Å². The summed E-state index contributed by atoms with van der Waals surface area (Å²) in [4.78, 5) is 14.5. The Labute approximate surface area is 154 Å². The number of hydrogen-bond acceptors (Lipinski definition) is 3. The van der Waals surface area contributed by atoms with Crippen LogP contribution >= 0.6 is 11.8 Å². The van der Waals surface area contributed by atoms with E-state index >= 15 is 0 Å². The zero-order valence-electron chi connectivity index (χ0n) is 15.9. The summed E-state index contributed by atoms with van der Waals surface area (Å²) in [5.41, 5.74) is 1.66. The first-order chi connectivity index (χ1) is 11.7. The van der Waals surface area contributed by atoms with Crippen molar-refractivity contribution < 1.29 is 4.79 Å². The van der Waals surface area contributed by atoms with E-state index < -0.39 is 0 Å². The van der Waals surface area contributed by atoms with Crippen molar-refractivity contribution in [2.24, 2.45) is 5.92 Å². The van der Waals surface area contributed by atoms with Crippen LogP contribution in [0.2, 0.25) is 0 Å². The molecule has 3 heteroatoms. The van der Waals surface area contributed by atoms with Gasteiger partial charge < -0.3 is 9.69 Å². The predicted octanol–water partition coefficient (Wildman–Crippen LogP) is 6.19. The molecule has 0 saturated carbocycles. The van der Waals surface area contributed by atoms with Gasteiger partial charge in [0.1, 0.15) is 6.29 Å². The second-order valence-corrected chi connectivity index (χ2v) is 7.96. The molecule has 1 saturated heterocycles. The molecule has 1 rings (SSSR count). The molecular weight excluding hydrogens is 314 g/mol. The number of nitrogens with zero attached hydrogens (tertiary/aromatic N) is 1. The van der Waals surface area contributed by atoms with Crippen molar-refractivity contribution in [2.75, 3.05) is 19.6 Å². The van der Waals surface area contributed by atoms with Crippen LogP contribution in [0.15, 0.2) is 22.5 Å². The number of likely N-dealkylation sites (tertiary alicyclic amines) is 1. The minimum Gasteiger partial charge on any atom is -0.303 e. The van der Waals surface area contributed by atoms with Gasteiger partial charge in [-0.1, -0.05) is 32.4 Å². The smallest absolute Gasteiger partial charge is 0.120 e. The van der Waals surface area contributed by atoms with Crippen LogP contribution in [0.3, 0.4) is 0 Å². The van der Waals surface area contributed by atoms with Gasteiger partial charge in [-0.3, -0.25) is 0 Å². The molecule has 0 aromatic rings. The van der Waals surface area contributed by atoms with Gasteiger partial charge in [-0.15, -0.1) is 11.8 Å². The third kappa shape index (κ3) is 8.53. The minimum atomic E-state index is 0.713. The Bertz CT molecular complexity index is 383. The molecule has 0 unspecified atom stereocenters. The summed E-state index contributed by atoms with van der Waals surface area (Å²) in [5, 5.41) is 2.01. The summed E-state index contributed by atoms with van der Waals surface area (Å²) in [6.07, 6.45) is 13.0. The van der Waals surface area contributed by atoms with Gasteiger partial charge in [-0.05, 0) is 87.2 Å². The van der Waals surface area contributed by atoms with E-state index in [0.717, 1.165) is 25.2 Å². The maximum absolute atomic E-state index is 10.4. The Morgan fingerprint density at radius 3 is 2.54 bits per heavy atom. The molecule has 0 atom stereocenters. The zero-order chi connectivity index (χ0) is 17.6. The van der Waals surface area contributed by atoms with Crippen LogP contribution in [-0.4, -0.2) is 30.8 Å². The quantitative estimate of drug-likeness (QED) is 0.291. The third-order valence-corrected chi connectivity index (χ3v) is 6.11. The lowest BCUT2D eigenvalue weighted by atomic mass is 9.91. The van der Waals surface area contributed by atoms with Crippen molar-refractivity contribution in [2.45, 2.75) is 78.1 Å². The molecule has 1 fully saturated rings. The highest BCUT2D eigenvalue weighted by Gasteiger charge is 2.19. The van der Waals surface area contributed by atoms with Crippen molar-refractivity contribution in [1.29, 1.82) is 0 Å². The maximum Gasteiger partial charge on any atom is 0.120 e. The Balaban J connectivity index is 2.40. The molecule has 0 aromatic heterocycles. The van der Waals surface area contributed by atoms with E-state index in [0.29, 0.717) is 6.42 Å². The van der Waals surface area contributed by atoms with Crippen LogP contribution in [0.1, 0.15) is 78.1 Å². The number of hydrogen-bond donors (Lipinski definition) is 0. The summed E-state index contributed by atoms with van der Waals surface area (Å²) in [7, 11) is 0. The lowest BCUT2D eigenvalue weighted by molar-refractivity contribution is -0.108. The summed E-state index contributed by atoms with van der Waals surface area (Å²) in [6.45, 7) is 12.0. The van der Waals surface area contributed by atoms with Gasteiger partial charge in [0.2, 0.25) is 0 Å². The van der Waals surface area contributed by atoms with Gasteiger partial charge in [0.25, 0.3) is 0 Å². The van der Waals surface area contributed by atoms with Crippen LogP contribution in [0.4, 0.5) is 0 Å². The SMILES string of the molecule is C=CS/C(CCC1CCN(CCCC=O)CC1)=C(\CC)CCCC. The second-order valence-electron chi connectivity index (χ2n) is 6.90.